The molecule has 0 N–H and O–H groups in total. The smallest absolute Gasteiger partial charge is 0.179 e. The first-order valence-corrected chi connectivity index (χ1v) is 9.83. The predicted molar refractivity (Wildman–Crippen MR) is 109 cm³/mol. The van der Waals surface area contributed by atoms with Crippen LogP contribution in [0.1, 0.15) is 17.5 Å². The summed E-state index contributed by atoms with van der Waals surface area (Å²) in [7, 11) is 0. The Bertz CT molecular complexity index is 820. The molecule has 7 heteroatoms. The number of nitrogens with zero attached hydrogens (tertiary/aromatic N) is 2. The molecule has 0 aliphatic carbocycles. The van der Waals surface area contributed by atoms with Crippen LogP contribution in [0.25, 0.3) is 0 Å². The molecule has 1 saturated heterocycles. The van der Waals surface area contributed by atoms with Gasteiger partial charge < -0.3 is 23.9 Å². The van der Waals surface area contributed by atoms with Crippen LogP contribution < -0.4 is 14.4 Å². The lowest BCUT2D eigenvalue weighted by atomic mass is 10.2. The Morgan fingerprint density at radius 3 is 2.64 bits per heavy atom. The highest BCUT2D eigenvalue weighted by atomic mass is 35.5. The largest absolute Gasteiger partial charge is 0.489 e. The van der Waals surface area contributed by atoms with E-state index in [-0.39, 0.29) is 0 Å². The van der Waals surface area contributed by atoms with E-state index in [0.717, 1.165) is 43.9 Å². The number of benzene rings is 2. The Morgan fingerprint density at radius 2 is 1.82 bits per heavy atom. The topological polar surface area (TPSA) is 52.5 Å². The summed E-state index contributed by atoms with van der Waals surface area (Å²) < 4.78 is 16.7. The Balaban J connectivity index is 1.33. The van der Waals surface area contributed by atoms with Crippen molar-refractivity contribution in [1.29, 1.82) is 0 Å². The summed E-state index contributed by atoms with van der Waals surface area (Å²) in [6.45, 7) is 4.94. The summed E-state index contributed by atoms with van der Waals surface area (Å²) >= 11 is 6.30. The van der Waals surface area contributed by atoms with Gasteiger partial charge in [-0.1, -0.05) is 28.9 Å². The van der Waals surface area contributed by atoms with Crippen molar-refractivity contribution in [2.45, 2.75) is 13.0 Å². The van der Waals surface area contributed by atoms with Crippen molar-refractivity contribution in [3.05, 3.63) is 52.5 Å². The van der Waals surface area contributed by atoms with Crippen LogP contribution >= 0.6 is 11.6 Å². The fraction of sp³-hybridized carbons (Fsp3) is 0.381. The molecule has 148 valence electrons. The van der Waals surface area contributed by atoms with Crippen LogP contribution in [0.5, 0.6) is 11.5 Å². The minimum atomic E-state index is 0.304. The second-order valence-corrected chi connectivity index (χ2v) is 7.06. The Hall–Kier alpha value is -2.44. The molecule has 0 saturated carbocycles. The van der Waals surface area contributed by atoms with E-state index >= 15 is 0 Å². The van der Waals surface area contributed by atoms with Crippen LogP contribution in [-0.2, 0) is 16.2 Å². The molecule has 0 atom stereocenters. The van der Waals surface area contributed by atoms with E-state index in [1.807, 2.05) is 24.3 Å². The number of ether oxygens (including phenoxy) is 3. The average molecular weight is 403 g/mol. The first kappa shape index (κ1) is 18.9. The third-order valence-electron chi connectivity index (χ3n) is 4.64. The molecule has 2 aromatic carbocycles. The second kappa shape index (κ2) is 9.17. The molecule has 6 nitrogen and oxygen atoms in total. The zero-order valence-electron chi connectivity index (χ0n) is 15.6. The highest BCUT2D eigenvalue weighted by Crippen LogP contribution is 2.38. The number of hydrogen-bond donors (Lipinski definition) is 0. The summed E-state index contributed by atoms with van der Waals surface area (Å²) in [4.78, 5) is 7.75. The molecule has 2 aliphatic heterocycles. The minimum Gasteiger partial charge on any atom is -0.489 e. The molecule has 2 aliphatic rings. The predicted octanol–water partition coefficient (Wildman–Crippen LogP) is 3.89. The Labute approximate surface area is 169 Å². The van der Waals surface area contributed by atoms with E-state index in [0.29, 0.717) is 36.3 Å². The Kier molecular flexibility index (Phi) is 6.19. The van der Waals surface area contributed by atoms with Gasteiger partial charge in [0.05, 0.1) is 37.7 Å². The van der Waals surface area contributed by atoms with Gasteiger partial charge in [-0.25, -0.2) is 0 Å². The zero-order valence-corrected chi connectivity index (χ0v) is 16.4. The van der Waals surface area contributed by atoms with Gasteiger partial charge in [-0.2, -0.15) is 0 Å². The van der Waals surface area contributed by atoms with E-state index in [1.54, 1.807) is 6.21 Å². The van der Waals surface area contributed by atoms with Gasteiger partial charge in [0.15, 0.2) is 11.5 Å². The third kappa shape index (κ3) is 4.69. The van der Waals surface area contributed by atoms with Crippen molar-refractivity contribution >= 4 is 23.5 Å². The van der Waals surface area contributed by atoms with E-state index in [2.05, 4.69) is 22.2 Å². The number of halogens is 1. The van der Waals surface area contributed by atoms with E-state index in [9.17, 15) is 0 Å². The van der Waals surface area contributed by atoms with Gasteiger partial charge in [0, 0.05) is 25.2 Å². The number of fused-ring (bicyclic) bond motifs is 1. The molecule has 4 rings (SSSR count). The fourth-order valence-corrected chi connectivity index (χ4v) is 3.46. The summed E-state index contributed by atoms with van der Waals surface area (Å²) in [5.74, 6) is 1.26. The van der Waals surface area contributed by atoms with Crippen molar-refractivity contribution < 1.29 is 19.0 Å². The lowest BCUT2D eigenvalue weighted by Crippen LogP contribution is -2.36. The molecular weight excluding hydrogens is 380 g/mol. The van der Waals surface area contributed by atoms with Crippen molar-refractivity contribution in [1.82, 2.24) is 0 Å². The lowest BCUT2D eigenvalue weighted by molar-refractivity contribution is 0.122. The molecule has 0 radical (unpaired) electrons. The van der Waals surface area contributed by atoms with Crippen LogP contribution in [-0.4, -0.2) is 45.7 Å². The van der Waals surface area contributed by atoms with Crippen LogP contribution in [0.2, 0.25) is 5.02 Å². The first-order valence-electron chi connectivity index (χ1n) is 9.46. The number of rotatable bonds is 5. The van der Waals surface area contributed by atoms with Gasteiger partial charge >= 0.3 is 0 Å². The molecule has 0 aromatic heterocycles. The van der Waals surface area contributed by atoms with E-state index in [4.69, 9.17) is 30.6 Å². The molecule has 28 heavy (non-hydrogen) atoms. The van der Waals surface area contributed by atoms with Crippen molar-refractivity contribution in [2.75, 3.05) is 44.4 Å². The number of hydrogen-bond acceptors (Lipinski definition) is 6. The van der Waals surface area contributed by atoms with Crippen LogP contribution in [0.3, 0.4) is 0 Å². The third-order valence-corrected chi connectivity index (χ3v) is 4.92. The number of anilines is 1. The van der Waals surface area contributed by atoms with Crippen molar-refractivity contribution in [2.24, 2.45) is 5.16 Å². The fourth-order valence-electron chi connectivity index (χ4n) is 3.17. The minimum absolute atomic E-state index is 0.304. The van der Waals surface area contributed by atoms with E-state index in [1.165, 1.54) is 5.69 Å². The first-order chi connectivity index (χ1) is 13.8. The molecule has 0 bridgehead atoms. The van der Waals surface area contributed by atoms with Gasteiger partial charge in [-0.15, -0.1) is 0 Å². The monoisotopic (exact) mass is 402 g/mol. The lowest BCUT2D eigenvalue weighted by Gasteiger charge is -2.28. The summed E-state index contributed by atoms with van der Waals surface area (Å²) in [5.41, 5.74) is 3.06. The molecule has 2 aromatic rings. The SMILES string of the molecule is Clc1cc(CO/N=C/c2ccc(N3CCOCC3)cc2)cc2c1OCCCO2. The molecule has 2 heterocycles. The van der Waals surface area contributed by atoms with Gasteiger partial charge in [0.25, 0.3) is 0 Å². The molecule has 0 spiro atoms. The van der Waals surface area contributed by atoms with Crippen LogP contribution in [0.4, 0.5) is 5.69 Å². The van der Waals surface area contributed by atoms with Crippen LogP contribution in [0, 0.1) is 0 Å². The average Bonchev–Trinajstić information content (AvgIpc) is 2.98. The van der Waals surface area contributed by atoms with Crippen LogP contribution in [0.15, 0.2) is 41.6 Å². The maximum absolute atomic E-state index is 6.30. The molecule has 1 fully saturated rings. The summed E-state index contributed by atoms with van der Waals surface area (Å²) in [6, 6.07) is 12.0. The molecule has 0 unspecified atom stereocenters. The van der Waals surface area contributed by atoms with Gasteiger partial charge in [0.1, 0.15) is 6.61 Å². The van der Waals surface area contributed by atoms with Crippen molar-refractivity contribution in [3.63, 3.8) is 0 Å². The van der Waals surface area contributed by atoms with Gasteiger partial charge in [-0.05, 0) is 35.4 Å². The molecule has 0 amide bonds. The highest BCUT2D eigenvalue weighted by Gasteiger charge is 2.15. The highest BCUT2D eigenvalue weighted by molar-refractivity contribution is 6.32. The zero-order chi connectivity index (χ0) is 19.2. The van der Waals surface area contributed by atoms with E-state index < -0.39 is 0 Å². The number of morpholine rings is 1. The van der Waals surface area contributed by atoms with Gasteiger partial charge in [-0.3, -0.25) is 0 Å². The maximum Gasteiger partial charge on any atom is 0.179 e. The maximum atomic E-state index is 6.30. The number of oxime groups is 1. The Morgan fingerprint density at radius 1 is 1.04 bits per heavy atom. The van der Waals surface area contributed by atoms with Crippen molar-refractivity contribution in [3.8, 4) is 11.5 Å². The standard InChI is InChI=1S/C21H23ClN2O4/c22-19-12-17(13-20-21(19)27-9-1-8-26-20)15-28-23-14-16-2-4-18(5-3-16)24-6-10-25-11-7-24/h2-5,12-14H,1,6-11,15H2/b23-14+. The quantitative estimate of drug-likeness (QED) is 0.561. The molecular formula is C21H23ClN2O4. The normalized spacial score (nSPS) is 16.8. The van der Waals surface area contributed by atoms with Gasteiger partial charge in [0.2, 0.25) is 0 Å². The summed E-state index contributed by atoms with van der Waals surface area (Å²) in [5, 5.41) is 4.59. The summed E-state index contributed by atoms with van der Waals surface area (Å²) in [6.07, 6.45) is 2.54. The second-order valence-electron chi connectivity index (χ2n) is 6.65.